The lowest BCUT2D eigenvalue weighted by Gasteiger charge is -2.14. The average Bonchev–Trinajstić information content (AvgIpc) is 3.05. The third-order valence-corrected chi connectivity index (χ3v) is 3.63. The first-order valence-corrected chi connectivity index (χ1v) is 7.17. The van der Waals surface area contributed by atoms with Gasteiger partial charge in [0.1, 0.15) is 0 Å². The molecule has 1 aliphatic rings. The third-order valence-electron chi connectivity index (χ3n) is 3.63. The molecule has 1 saturated heterocycles. The van der Waals surface area contributed by atoms with Gasteiger partial charge in [-0.15, -0.1) is 0 Å². The SMILES string of the molecule is Nc1ccc(NC(=O)c2cnc(N3CCCC3)nc2)cc1N. The van der Waals surface area contributed by atoms with E-state index in [1.807, 2.05) is 0 Å². The summed E-state index contributed by atoms with van der Waals surface area (Å²) >= 11 is 0. The van der Waals surface area contributed by atoms with Crippen molar-refractivity contribution in [1.29, 1.82) is 0 Å². The zero-order chi connectivity index (χ0) is 15.5. The molecule has 1 amide bonds. The highest BCUT2D eigenvalue weighted by molar-refractivity contribution is 6.04. The van der Waals surface area contributed by atoms with E-state index in [-0.39, 0.29) is 5.91 Å². The smallest absolute Gasteiger partial charge is 0.258 e. The number of nitrogens with one attached hydrogen (secondary N) is 1. The van der Waals surface area contributed by atoms with Gasteiger partial charge in [-0.3, -0.25) is 4.79 Å². The number of anilines is 4. The second kappa shape index (κ2) is 5.88. The van der Waals surface area contributed by atoms with E-state index in [2.05, 4.69) is 20.2 Å². The molecule has 0 radical (unpaired) electrons. The molecule has 0 saturated carbocycles. The van der Waals surface area contributed by atoms with Crippen LogP contribution in [0, 0.1) is 0 Å². The second-order valence-corrected chi connectivity index (χ2v) is 5.26. The normalized spacial score (nSPS) is 14.1. The number of carbonyl (C=O) groups excluding carboxylic acids is 1. The fourth-order valence-corrected chi connectivity index (χ4v) is 2.37. The molecule has 7 nitrogen and oxygen atoms in total. The van der Waals surface area contributed by atoms with Crippen LogP contribution in [0.4, 0.5) is 23.0 Å². The molecule has 7 heteroatoms. The molecule has 5 N–H and O–H groups in total. The molecule has 114 valence electrons. The zero-order valence-corrected chi connectivity index (χ0v) is 12.1. The van der Waals surface area contributed by atoms with Gasteiger partial charge in [0, 0.05) is 31.2 Å². The van der Waals surface area contributed by atoms with E-state index >= 15 is 0 Å². The minimum atomic E-state index is -0.280. The van der Waals surface area contributed by atoms with Crippen LogP contribution in [-0.4, -0.2) is 29.0 Å². The second-order valence-electron chi connectivity index (χ2n) is 5.26. The number of carbonyl (C=O) groups is 1. The average molecular weight is 298 g/mol. The summed E-state index contributed by atoms with van der Waals surface area (Å²) in [5, 5.41) is 2.75. The van der Waals surface area contributed by atoms with E-state index in [0.717, 1.165) is 25.9 Å². The Hall–Kier alpha value is -2.83. The molecule has 0 spiro atoms. The number of hydrogen-bond donors (Lipinski definition) is 3. The van der Waals surface area contributed by atoms with E-state index < -0.39 is 0 Å². The van der Waals surface area contributed by atoms with Gasteiger partial charge in [0.15, 0.2) is 0 Å². The molecule has 3 rings (SSSR count). The summed E-state index contributed by atoms with van der Waals surface area (Å²) in [6, 6.07) is 4.97. The van der Waals surface area contributed by atoms with Gasteiger partial charge in [-0.05, 0) is 31.0 Å². The number of rotatable bonds is 3. The molecule has 1 aromatic carbocycles. The summed E-state index contributed by atoms with van der Waals surface area (Å²) in [4.78, 5) is 22.8. The van der Waals surface area contributed by atoms with Gasteiger partial charge in [0.25, 0.3) is 5.91 Å². The molecule has 2 aromatic rings. The van der Waals surface area contributed by atoms with Gasteiger partial charge in [0.05, 0.1) is 16.9 Å². The van der Waals surface area contributed by atoms with Crippen LogP contribution in [0.2, 0.25) is 0 Å². The lowest BCUT2D eigenvalue weighted by Crippen LogP contribution is -2.21. The Balaban J connectivity index is 1.70. The molecule has 0 unspecified atom stereocenters. The minimum Gasteiger partial charge on any atom is -0.397 e. The quantitative estimate of drug-likeness (QED) is 0.741. The Morgan fingerprint density at radius 2 is 1.77 bits per heavy atom. The summed E-state index contributed by atoms with van der Waals surface area (Å²) in [7, 11) is 0. The van der Waals surface area contributed by atoms with Crippen molar-refractivity contribution in [2.24, 2.45) is 0 Å². The fourth-order valence-electron chi connectivity index (χ4n) is 2.37. The summed E-state index contributed by atoms with van der Waals surface area (Å²) in [6.45, 7) is 1.94. The number of nitrogens with two attached hydrogens (primary N) is 2. The molecule has 0 atom stereocenters. The number of hydrogen-bond acceptors (Lipinski definition) is 6. The van der Waals surface area contributed by atoms with Crippen molar-refractivity contribution in [3.05, 3.63) is 36.2 Å². The molecule has 1 aliphatic heterocycles. The maximum atomic E-state index is 12.2. The van der Waals surface area contributed by atoms with Crippen molar-refractivity contribution >= 4 is 28.9 Å². The van der Waals surface area contributed by atoms with Gasteiger partial charge < -0.3 is 21.7 Å². The van der Waals surface area contributed by atoms with Crippen molar-refractivity contribution in [2.45, 2.75) is 12.8 Å². The molecular weight excluding hydrogens is 280 g/mol. The highest BCUT2D eigenvalue weighted by atomic mass is 16.1. The molecule has 0 bridgehead atoms. The van der Waals surface area contributed by atoms with Crippen LogP contribution < -0.4 is 21.7 Å². The van der Waals surface area contributed by atoms with Crippen molar-refractivity contribution in [1.82, 2.24) is 9.97 Å². The van der Waals surface area contributed by atoms with Crippen LogP contribution in [0.15, 0.2) is 30.6 Å². The maximum Gasteiger partial charge on any atom is 0.258 e. The number of benzene rings is 1. The molecule has 1 fully saturated rings. The summed E-state index contributed by atoms with van der Waals surface area (Å²) in [6.07, 6.45) is 5.39. The van der Waals surface area contributed by atoms with Crippen LogP contribution in [0.1, 0.15) is 23.2 Å². The summed E-state index contributed by atoms with van der Waals surface area (Å²) in [5.74, 6) is 0.392. The molecule has 0 aliphatic carbocycles. The minimum absolute atomic E-state index is 0.280. The van der Waals surface area contributed by atoms with E-state index in [9.17, 15) is 4.79 Å². The third kappa shape index (κ3) is 2.93. The number of amides is 1. The Bertz CT molecular complexity index is 679. The number of nitrogen functional groups attached to an aromatic ring is 2. The van der Waals surface area contributed by atoms with Crippen molar-refractivity contribution < 1.29 is 4.79 Å². The molecule has 1 aromatic heterocycles. The fraction of sp³-hybridized carbons (Fsp3) is 0.267. The monoisotopic (exact) mass is 298 g/mol. The number of nitrogens with zero attached hydrogens (tertiary/aromatic N) is 3. The van der Waals surface area contributed by atoms with Crippen molar-refractivity contribution in [3.8, 4) is 0 Å². The van der Waals surface area contributed by atoms with Crippen LogP contribution in [0.5, 0.6) is 0 Å². The van der Waals surface area contributed by atoms with Crippen molar-refractivity contribution in [2.75, 3.05) is 34.8 Å². The highest BCUT2D eigenvalue weighted by Gasteiger charge is 2.15. The van der Waals surface area contributed by atoms with E-state index in [4.69, 9.17) is 11.5 Å². The van der Waals surface area contributed by atoms with Gasteiger partial charge in [-0.1, -0.05) is 0 Å². The van der Waals surface area contributed by atoms with E-state index in [1.54, 1.807) is 18.2 Å². The van der Waals surface area contributed by atoms with Gasteiger partial charge in [-0.2, -0.15) is 0 Å². The first-order chi connectivity index (χ1) is 10.6. The highest BCUT2D eigenvalue weighted by Crippen LogP contribution is 2.20. The Morgan fingerprint density at radius 3 is 2.41 bits per heavy atom. The van der Waals surface area contributed by atoms with E-state index in [1.165, 1.54) is 12.4 Å². The Labute approximate surface area is 128 Å². The van der Waals surface area contributed by atoms with Gasteiger partial charge in [0.2, 0.25) is 5.95 Å². The summed E-state index contributed by atoms with van der Waals surface area (Å²) < 4.78 is 0. The van der Waals surface area contributed by atoms with Crippen molar-refractivity contribution in [3.63, 3.8) is 0 Å². The first-order valence-electron chi connectivity index (χ1n) is 7.17. The standard InChI is InChI=1S/C15H18N6O/c16-12-4-3-11(7-13(12)17)20-14(22)10-8-18-15(19-9-10)21-5-1-2-6-21/h3-4,7-9H,1-2,5-6,16-17H2,(H,20,22). The van der Waals surface area contributed by atoms with Crippen LogP contribution in [-0.2, 0) is 0 Å². The Kier molecular flexibility index (Phi) is 3.78. The van der Waals surface area contributed by atoms with Crippen LogP contribution >= 0.6 is 0 Å². The molecule has 2 heterocycles. The van der Waals surface area contributed by atoms with Gasteiger partial charge in [-0.25, -0.2) is 9.97 Å². The lowest BCUT2D eigenvalue weighted by atomic mass is 10.2. The molecular formula is C15H18N6O. The zero-order valence-electron chi connectivity index (χ0n) is 12.1. The predicted molar refractivity (Wildman–Crippen MR) is 86.7 cm³/mol. The van der Waals surface area contributed by atoms with Gasteiger partial charge >= 0.3 is 0 Å². The predicted octanol–water partition coefficient (Wildman–Crippen LogP) is 1.49. The lowest BCUT2D eigenvalue weighted by molar-refractivity contribution is 0.102. The summed E-state index contributed by atoms with van der Waals surface area (Å²) in [5.41, 5.74) is 13.3. The molecule has 22 heavy (non-hydrogen) atoms. The number of aromatic nitrogens is 2. The van der Waals surface area contributed by atoms with Crippen LogP contribution in [0.25, 0.3) is 0 Å². The topological polar surface area (TPSA) is 110 Å². The maximum absolute atomic E-state index is 12.2. The first kappa shape index (κ1) is 14.1. The van der Waals surface area contributed by atoms with E-state index in [0.29, 0.717) is 28.6 Å². The largest absolute Gasteiger partial charge is 0.397 e. The Morgan fingerprint density at radius 1 is 1.09 bits per heavy atom. The van der Waals surface area contributed by atoms with Crippen LogP contribution in [0.3, 0.4) is 0 Å².